The number of ether oxygens (including phenoxy) is 1. The minimum atomic E-state index is -1.06. The zero-order chi connectivity index (χ0) is 11.2. The predicted molar refractivity (Wildman–Crippen MR) is 46.8 cm³/mol. The van der Waals surface area contributed by atoms with Gasteiger partial charge >= 0.3 is 17.8 Å². The lowest BCUT2D eigenvalue weighted by Gasteiger charge is -2.22. The van der Waals surface area contributed by atoms with E-state index >= 15 is 0 Å². The lowest BCUT2D eigenvalue weighted by molar-refractivity contribution is -0.162. The third-order valence-electron chi connectivity index (χ3n) is 2.98. The van der Waals surface area contributed by atoms with E-state index in [1.807, 2.05) is 0 Å². The number of carbonyl (C=O) groups excluding carboxylic acids is 2. The molecule has 1 amide bonds. The van der Waals surface area contributed by atoms with E-state index in [4.69, 9.17) is 5.11 Å². The molecule has 82 valence electrons. The lowest BCUT2D eigenvalue weighted by atomic mass is 10.2. The number of aliphatic carboxylic acids is 1. The van der Waals surface area contributed by atoms with Gasteiger partial charge in [-0.3, -0.25) is 4.79 Å². The van der Waals surface area contributed by atoms with Crippen molar-refractivity contribution >= 4 is 17.8 Å². The molecule has 2 rings (SSSR count). The number of methoxy groups -OCH3 is 1. The molecule has 6 nitrogen and oxygen atoms in total. The Balaban J connectivity index is 2.15. The normalized spacial score (nSPS) is 32.1. The van der Waals surface area contributed by atoms with Crippen molar-refractivity contribution in [2.24, 2.45) is 5.92 Å². The number of amides is 1. The number of piperidine rings is 1. The molecule has 2 fully saturated rings. The third-order valence-corrected chi connectivity index (χ3v) is 2.98. The number of hydrogen-bond donors (Lipinski definition) is 1. The maximum Gasteiger partial charge on any atom is 0.396 e. The van der Waals surface area contributed by atoms with Crippen molar-refractivity contribution in [1.82, 2.24) is 4.90 Å². The summed E-state index contributed by atoms with van der Waals surface area (Å²) in [6.07, 6.45) is 1.25. The van der Waals surface area contributed by atoms with E-state index in [1.165, 1.54) is 0 Å². The monoisotopic (exact) mass is 213 g/mol. The van der Waals surface area contributed by atoms with Gasteiger partial charge in [-0.15, -0.1) is 0 Å². The quantitative estimate of drug-likeness (QED) is 0.457. The molecule has 0 aromatic heterocycles. The van der Waals surface area contributed by atoms with Crippen LogP contribution >= 0.6 is 0 Å². The Kier molecular flexibility index (Phi) is 2.13. The van der Waals surface area contributed by atoms with E-state index in [0.29, 0.717) is 6.42 Å². The molecule has 3 atom stereocenters. The molecule has 1 saturated carbocycles. The second-order valence-corrected chi connectivity index (χ2v) is 3.86. The molecule has 1 aliphatic carbocycles. The fourth-order valence-corrected chi connectivity index (χ4v) is 2.16. The molecule has 0 radical (unpaired) electrons. The molecule has 0 aromatic carbocycles. The van der Waals surface area contributed by atoms with E-state index in [0.717, 1.165) is 18.4 Å². The van der Waals surface area contributed by atoms with Crippen molar-refractivity contribution < 1.29 is 24.2 Å². The van der Waals surface area contributed by atoms with Gasteiger partial charge in [0.25, 0.3) is 0 Å². The Labute approximate surface area is 85.8 Å². The highest BCUT2D eigenvalue weighted by Gasteiger charge is 2.57. The summed E-state index contributed by atoms with van der Waals surface area (Å²) in [7, 11) is 1.11. The summed E-state index contributed by atoms with van der Waals surface area (Å²) in [5.74, 6) is -2.64. The third kappa shape index (κ3) is 1.45. The first-order valence-corrected chi connectivity index (χ1v) is 4.69. The summed E-state index contributed by atoms with van der Waals surface area (Å²) < 4.78 is 4.30. The zero-order valence-corrected chi connectivity index (χ0v) is 8.17. The van der Waals surface area contributed by atoms with Crippen molar-refractivity contribution in [3.8, 4) is 0 Å². The Bertz CT molecular complexity index is 339. The maximum absolute atomic E-state index is 11.5. The average Bonchev–Trinajstić information content (AvgIpc) is 2.87. The first-order valence-electron chi connectivity index (χ1n) is 4.69. The van der Waals surface area contributed by atoms with Crippen molar-refractivity contribution in [3.63, 3.8) is 0 Å². The van der Waals surface area contributed by atoms with Gasteiger partial charge in [-0.2, -0.15) is 0 Å². The highest BCUT2D eigenvalue weighted by Crippen LogP contribution is 2.47. The van der Waals surface area contributed by atoms with Crippen LogP contribution in [-0.4, -0.2) is 47.0 Å². The Morgan fingerprint density at radius 1 is 1.33 bits per heavy atom. The minimum absolute atomic E-state index is 0.0716. The highest BCUT2D eigenvalue weighted by molar-refractivity contribution is 6.33. The first kappa shape index (κ1) is 9.95. The van der Waals surface area contributed by atoms with Gasteiger partial charge in [0.15, 0.2) is 0 Å². The van der Waals surface area contributed by atoms with Crippen LogP contribution in [0.15, 0.2) is 0 Å². The van der Waals surface area contributed by atoms with Gasteiger partial charge in [0, 0.05) is 6.04 Å². The van der Waals surface area contributed by atoms with Crippen molar-refractivity contribution in [1.29, 1.82) is 0 Å². The SMILES string of the molecule is COC(=O)C(=O)N1C(C(=O)O)C[C@H]2C[C@H]21. The Morgan fingerprint density at radius 2 is 2.00 bits per heavy atom. The van der Waals surface area contributed by atoms with Gasteiger partial charge in [0.2, 0.25) is 0 Å². The maximum atomic E-state index is 11.5. The summed E-state index contributed by atoms with van der Waals surface area (Å²) in [5.41, 5.74) is 0. The van der Waals surface area contributed by atoms with Crippen molar-refractivity contribution in [3.05, 3.63) is 0 Å². The van der Waals surface area contributed by atoms with E-state index in [1.54, 1.807) is 0 Å². The molecule has 1 N–H and O–H groups in total. The van der Waals surface area contributed by atoms with Gasteiger partial charge in [-0.05, 0) is 18.8 Å². The van der Waals surface area contributed by atoms with Crippen LogP contribution in [0.2, 0.25) is 0 Å². The van der Waals surface area contributed by atoms with Gasteiger partial charge in [0.1, 0.15) is 6.04 Å². The van der Waals surface area contributed by atoms with Gasteiger partial charge < -0.3 is 14.7 Å². The Morgan fingerprint density at radius 3 is 2.53 bits per heavy atom. The average molecular weight is 213 g/mol. The van der Waals surface area contributed by atoms with E-state index in [9.17, 15) is 14.4 Å². The van der Waals surface area contributed by atoms with Crippen LogP contribution in [-0.2, 0) is 19.1 Å². The molecule has 2 aliphatic rings. The Hall–Kier alpha value is -1.59. The highest BCUT2D eigenvalue weighted by atomic mass is 16.5. The van der Waals surface area contributed by atoms with Gasteiger partial charge in [-0.25, -0.2) is 9.59 Å². The topological polar surface area (TPSA) is 83.9 Å². The fraction of sp³-hybridized carbons (Fsp3) is 0.667. The summed E-state index contributed by atoms with van der Waals surface area (Å²) in [4.78, 5) is 34.5. The van der Waals surface area contributed by atoms with Crippen LogP contribution < -0.4 is 0 Å². The summed E-state index contributed by atoms with van der Waals surface area (Å²) in [6, 6.07) is -0.932. The molecule has 1 unspecified atom stereocenters. The molecular formula is C9H11NO5. The van der Waals surface area contributed by atoms with Crippen LogP contribution in [0.5, 0.6) is 0 Å². The summed E-state index contributed by atoms with van der Waals surface area (Å²) >= 11 is 0. The smallest absolute Gasteiger partial charge is 0.396 e. The molecule has 1 heterocycles. The summed E-state index contributed by atoms with van der Waals surface area (Å²) in [5, 5.41) is 8.88. The van der Waals surface area contributed by atoms with Crippen LogP contribution in [0.1, 0.15) is 12.8 Å². The van der Waals surface area contributed by atoms with Gasteiger partial charge in [0.05, 0.1) is 7.11 Å². The zero-order valence-electron chi connectivity index (χ0n) is 8.17. The minimum Gasteiger partial charge on any atom is -0.480 e. The van der Waals surface area contributed by atoms with Crippen LogP contribution in [0, 0.1) is 5.92 Å². The first-order chi connectivity index (χ1) is 7.06. The number of carboxylic acid groups (broad SMARTS) is 1. The second kappa shape index (κ2) is 3.22. The molecular weight excluding hydrogens is 202 g/mol. The number of likely N-dealkylation sites (tertiary alicyclic amines) is 1. The molecule has 1 aliphatic heterocycles. The number of esters is 1. The molecule has 15 heavy (non-hydrogen) atoms. The van der Waals surface area contributed by atoms with Gasteiger partial charge in [-0.1, -0.05) is 0 Å². The molecule has 1 saturated heterocycles. The number of carboxylic acids is 1. The molecule has 6 heteroatoms. The largest absolute Gasteiger partial charge is 0.480 e. The standard InChI is InChI=1S/C9H11NO5/c1-15-9(14)7(11)10-5-2-4(5)3-6(10)8(12)13/h4-6H,2-3H2,1H3,(H,12,13)/t4-,5-,6?/m1/s1. The van der Waals surface area contributed by atoms with Crippen molar-refractivity contribution in [2.45, 2.75) is 24.9 Å². The number of carbonyl (C=O) groups is 3. The van der Waals surface area contributed by atoms with Crippen molar-refractivity contribution in [2.75, 3.05) is 7.11 Å². The number of nitrogens with zero attached hydrogens (tertiary/aromatic N) is 1. The van der Waals surface area contributed by atoms with E-state index in [2.05, 4.69) is 4.74 Å². The number of hydrogen-bond acceptors (Lipinski definition) is 4. The number of fused-ring (bicyclic) bond motifs is 1. The fourth-order valence-electron chi connectivity index (χ4n) is 2.16. The predicted octanol–water partition coefficient (Wildman–Crippen LogP) is -0.767. The summed E-state index contributed by atoms with van der Waals surface area (Å²) in [6.45, 7) is 0. The lowest BCUT2D eigenvalue weighted by Crippen LogP contribution is -2.46. The van der Waals surface area contributed by atoms with Crippen LogP contribution in [0.4, 0.5) is 0 Å². The van der Waals surface area contributed by atoms with E-state index < -0.39 is 23.9 Å². The van der Waals surface area contributed by atoms with Crippen LogP contribution in [0.25, 0.3) is 0 Å². The molecule has 0 aromatic rings. The molecule has 0 spiro atoms. The van der Waals surface area contributed by atoms with Crippen LogP contribution in [0.3, 0.4) is 0 Å². The second-order valence-electron chi connectivity index (χ2n) is 3.86. The number of rotatable bonds is 1. The molecule has 0 bridgehead atoms. The van der Waals surface area contributed by atoms with E-state index in [-0.39, 0.29) is 12.0 Å².